The zero-order valence-electron chi connectivity index (χ0n) is 14.1. The average Bonchev–Trinajstić information content (AvgIpc) is 2.64. The van der Waals surface area contributed by atoms with Crippen molar-refractivity contribution in [2.45, 2.75) is 19.6 Å². The van der Waals surface area contributed by atoms with Gasteiger partial charge in [-0.1, -0.05) is 42.2 Å². The van der Waals surface area contributed by atoms with Crippen molar-refractivity contribution in [1.29, 1.82) is 0 Å². The van der Waals surface area contributed by atoms with Crippen molar-refractivity contribution in [2.75, 3.05) is 13.7 Å². The zero-order chi connectivity index (χ0) is 17.2. The molecule has 0 amide bonds. The van der Waals surface area contributed by atoms with Crippen LogP contribution in [0.3, 0.4) is 0 Å². The summed E-state index contributed by atoms with van der Waals surface area (Å²) in [5.74, 6) is 6.96. The van der Waals surface area contributed by atoms with Crippen LogP contribution in [0.25, 0.3) is 0 Å². The Morgan fingerprint density at radius 3 is 2.71 bits per heavy atom. The third kappa shape index (κ3) is 5.58. The number of methoxy groups -OCH3 is 1. The fourth-order valence-electron chi connectivity index (χ4n) is 2.21. The molecule has 0 heterocycles. The fourth-order valence-corrected chi connectivity index (χ4v) is 2.21. The third-order valence-corrected chi connectivity index (χ3v) is 3.69. The maximum Gasteiger partial charge on any atom is 0.119 e. The first-order chi connectivity index (χ1) is 11.7. The minimum Gasteiger partial charge on any atom is -0.497 e. The Morgan fingerprint density at radius 2 is 2.00 bits per heavy atom. The Kier molecular flexibility index (Phi) is 7.10. The Morgan fingerprint density at radius 1 is 1.21 bits per heavy atom. The number of aliphatic hydroxyl groups is 1. The molecule has 0 saturated heterocycles. The number of nitrogens with one attached hydrogen (secondary N) is 1. The molecule has 0 spiro atoms. The smallest absolute Gasteiger partial charge is 0.119 e. The minimum atomic E-state index is 0.0603. The molecule has 0 aliphatic rings. The molecule has 0 unspecified atom stereocenters. The molecule has 2 aromatic carbocycles. The second kappa shape index (κ2) is 9.57. The van der Waals surface area contributed by atoms with E-state index in [1.807, 2.05) is 54.6 Å². The van der Waals surface area contributed by atoms with Gasteiger partial charge in [0.1, 0.15) is 5.75 Å². The van der Waals surface area contributed by atoms with Gasteiger partial charge in [-0.15, -0.1) is 0 Å². The van der Waals surface area contributed by atoms with Crippen LogP contribution in [0.4, 0.5) is 0 Å². The standard InChI is InChI=1S/C21H23NO2/c1-17(20-8-6-9-21(15-20)24-2)22-14-5-3-4-7-18-10-12-19(16-23)13-11-18/h3,5-6,8-13,15,17,22-23H,14,16H2,1-2H3/t17-/m1/s1. The summed E-state index contributed by atoms with van der Waals surface area (Å²) in [6, 6.07) is 15.9. The van der Waals surface area contributed by atoms with Crippen molar-refractivity contribution < 1.29 is 9.84 Å². The highest BCUT2D eigenvalue weighted by molar-refractivity contribution is 5.38. The van der Waals surface area contributed by atoms with Gasteiger partial charge in [-0.25, -0.2) is 0 Å². The van der Waals surface area contributed by atoms with Crippen LogP contribution in [-0.4, -0.2) is 18.8 Å². The van der Waals surface area contributed by atoms with E-state index in [4.69, 9.17) is 9.84 Å². The van der Waals surface area contributed by atoms with E-state index in [2.05, 4.69) is 30.1 Å². The van der Waals surface area contributed by atoms with Gasteiger partial charge in [-0.2, -0.15) is 0 Å². The van der Waals surface area contributed by atoms with Crippen molar-refractivity contribution in [2.24, 2.45) is 0 Å². The van der Waals surface area contributed by atoms with Gasteiger partial charge in [0.2, 0.25) is 0 Å². The first-order valence-electron chi connectivity index (χ1n) is 7.96. The molecule has 0 aromatic heterocycles. The molecule has 0 aliphatic carbocycles. The maximum absolute atomic E-state index is 9.00. The lowest BCUT2D eigenvalue weighted by Gasteiger charge is -2.13. The highest BCUT2D eigenvalue weighted by atomic mass is 16.5. The van der Waals surface area contributed by atoms with E-state index in [0.29, 0.717) is 0 Å². The monoisotopic (exact) mass is 321 g/mol. The van der Waals surface area contributed by atoms with Crippen molar-refractivity contribution >= 4 is 0 Å². The molecule has 0 aliphatic heterocycles. The average molecular weight is 321 g/mol. The lowest BCUT2D eigenvalue weighted by atomic mass is 10.1. The van der Waals surface area contributed by atoms with Crippen LogP contribution < -0.4 is 10.1 Å². The minimum absolute atomic E-state index is 0.0603. The molecule has 0 bridgehead atoms. The first kappa shape index (κ1) is 17.8. The molecular formula is C21H23NO2. The Hall–Kier alpha value is -2.54. The number of hydrogen-bond donors (Lipinski definition) is 2. The summed E-state index contributed by atoms with van der Waals surface area (Å²) < 4.78 is 5.25. The van der Waals surface area contributed by atoms with Gasteiger partial charge >= 0.3 is 0 Å². The van der Waals surface area contributed by atoms with Crippen molar-refractivity contribution in [3.05, 3.63) is 77.4 Å². The molecule has 0 saturated carbocycles. The molecule has 1 atom stereocenters. The molecule has 124 valence electrons. The van der Waals surface area contributed by atoms with E-state index >= 15 is 0 Å². The zero-order valence-corrected chi connectivity index (χ0v) is 14.1. The maximum atomic E-state index is 9.00. The summed E-state index contributed by atoms with van der Waals surface area (Å²) in [5.41, 5.74) is 3.03. The summed E-state index contributed by atoms with van der Waals surface area (Å²) >= 11 is 0. The van der Waals surface area contributed by atoms with Crippen molar-refractivity contribution in [1.82, 2.24) is 5.32 Å². The lowest BCUT2D eigenvalue weighted by molar-refractivity contribution is 0.282. The second-order valence-electron chi connectivity index (χ2n) is 5.43. The largest absolute Gasteiger partial charge is 0.497 e. The van der Waals surface area contributed by atoms with Gasteiger partial charge in [-0.05, 0) is 48.4 Å². The van der Waals surface area contributed by atoms with E-state index < -0.39 is 0 Å². The number of hydrogen-bond acceptors (Lipinski definition) is 3. The summed E-state index contributed by atoms with van der Waals surface area (Å²) in [4.78, 5) is 0. The molecule has 2 aromatic rings. The van der Waals surface area contributed by atoms with E-state index in [9.17, 15) is 0 Å². The highest BCUT2D eigenvalue weighted by Gasteiger charge is 2.04. The van der Waals surface area contributed by atoms with Gasteiger partial charge in [0, 0.05) is 18.2 Å². The van der Waals surface area contributed by atoms with Crippen LogP contribution in [0.2, 0.25) is 0 Å². The predicted molar refractivity (Wildman–Crippen MR) is 97.8 cm³/mol. The first-order valence-corrected chi connectivity index (χ1v) is 7.96. The Bertz CT molecular complexity index is 723. The number of ether oxygens (including phenoxy) is 1. The Balaban J connectivity index is 1.80. The second-order valence-corrected chi connectivity index (χ2v) is 5.43. The number of rotatable bonds is 6. The van der Waals surface area contributed by atoms with Crippen LogP contribution in [-0.2, 0) is 6.61 Å². The summed E-state index contributed by atoms with van der Waals surface area (Å²) in [6.45, 7) is 2.93. The van der Waals surface area contributed by atoms with Crippen molar-refractivity contribution in [3.63, 3.8) is 0 Å². The summed E-state index contributed by atoms with van der Waals surface area (Å²) in [7, 11) is 1.68. The lowest BCUT2D eigenvalue weighted by Crippen LogP contribution is -2.18. The normalized spacial score (nSPS) is 11.8. The van der Waals surface area contributed by atoms with Crippen LogP contribution in [0, 0.1) is 11.8 Å². The number of allylic oxidation sites excluding steroid dienone is 1. The molecule has 2 rings (SSSR count). The van der Waals surface area contributed by atoms with E-state index in [0.717, 1.165) is 23.4 Å². The van der Waals surface area contributed by atoms with Gasteiger partial charge < -0.3 is 15.2 Å². The fraction of sp³-hybridized carbons (Fsp3) is 0.238. The van der Waals surface area contributed by atoms with Crippen LogP contribution in [0.15, 0.2) is 60.7 Å². The molecule has 0 radical (unpaired) electrons. The SMILES string of the molecule is COc1cccc([C@@H](C)NCC=CC#Cc2ccc(CO)cc2)c1. The summed E-state index contributed by atoms with van der Waals surface area (Å²) in [6.07, 6.45) is 3.86. The van der Waals surface area contributed by atoms with Crippen LogP contribution in [0.5, 0.6) is 5.75 Å². The predicted octanol–water partition coefficient (Wildman–Crippen LogP) is 3.45. The Labute approximate surface area is 144 Å². The number of benzene rings is 2. The van der Waals surface area contributed by atoms with Gasteiger partial charge in [-0.3, -0.25) is 0 Å². The quantitative estimate of drug-likeness (QED) is 0.801. The highest BCUT2D eigenvalue weighted by Crippen LogP contribution is 2.18. The van der Waals surface area contributed by atoms with Crippen molar-refractivity contribution in [3.8, 4) is 17.6 Å². The van der Waals surface area contributed by atoms with Crippen LogP contribution >= 0.6 is 0 Å². The van der Waals surface area contributed by atoms with E-state index in [-0.39, 0.29) is 12.6 Å². The molecular weight excluding hydrogens is 298 g/mol. The molecule has 0 fully saturated rings. The van der Waals surface area contributed by atoms with Gasteiger partial charge in [0.05, 0.1) is 13.7 Å². The van der Waals surface area contributed by atoms with E-state index in [1.165, 1.54) is 5.56 Å². The molecule has 2 N–H and O–H groups in total. The molecule has 3 heteroatoms. The summed E-state index contributed by atoms with van der Waals surface area (Å²) in [5, 5.41) is 12.4. The number of aliphatic hydroxyl groups excluding tert-OH is 1. The van der Waals surface area contributed by atoms with Gasteiger partial charge in [0.25, 0.3) is 0 Å². The van der Waals surface area contributed by atoms with Gasteiger partial charge in [0.15, 0.2) is 0 Å². The topological polar surface area (TPSA) is 41.5 Å². The third-order valence-electron chi connectivity index (χ3n) is 3.69. The molecule has 24 heavy (non-hydrogen) atoms. The molecule has 3 nitrogen and oxygen atoms in total. The van der Waals surface area contributed by atoms with Crippen LogP contribution in [0.1, 0.15) is 29.7 Å². The van der Waals surface area contributed by atoms with E-state index in [1.54, 1.807) is 7.11 Å².